The van der Waals surface area contributed by atoms with Crippen LogP contribution in [-0.4, -0.2) is 84.7 Å². The van der Waals surface area contributed by atoms with Gasteiger partial charge in [0, 0.05) is 34.3 Å². The molecule has 10 N–H and O–H groups in total. The van der Waals surface area contributed by atoms with Crippen LogP contribution >= 0.6 is 94.0 Å². The topological polar surface area (TPSA) is 176 Å². The fraction of sp³-hybridized carbons (Fsp3) is 0.475. The lowest BCUT2D eigenvalue weighted by Crippen LogP contribution is -2.57. The number of nitrogens with two attached hydrogens (primary N) is 3. The van der Waals surface area contributed by atoms with Crippen molar-refractivity contribution in [2.24, 2.45) is 17.3 Å². The predicted octanol–water partition coefficient (Wildman–Crippen LogP) is 7.88. The maximum absolute atomic E-state index is 11.2. The minimum Gasteiger partial charge on any atom is -0.388 e. The number of aromatic nitrogens is 3. The maximum atomic E-state index is 11.2. The molecule has 0 radical (unpaired) electrons. The zero-order valence-electron chi connectivity index (χ0n) is 31.7. The number of hydrogen-bond donors (Lipinski definition) is 7. The van der Waals surface area contributed by atoms with Crippen molar-refractivity contribution in [3.8, 4) is 0 Å². The van der Waals surface area contributed by atoms with E-state index in [1.54, 1.807) is 10.7 Å². The van der Waals surface area contributed by atoms with E-state index in [4.69, 9.17) is 111 Å². The average Bonchev–Trinajstić information content (AvgIpc) is 4.13. The van der Waals surface area contributed by atoms with Crippen LogP contribution in [0.2, 0.25) is 15.1 Å². The first-order valence-electron chi connectivity index (χ1n) is 18.8. The standard InChI is InChI=1S/C14H15Cl2N3OS.C13H17Cl2N3OS.C13H17Cl2NO/c15-11-4-2-1-3-10(11)7-14(20,13(16)5-6-13)8-19-12(21)17-9-18-19;14-10-4-2-1-3-9(10)7-13(19,12(15)5-6-12)8-18(17)11(16)20;14-11-4-2-1-3-10(11)9-13(17,7-8-16)12(15)5-6-12/h1-4,9,20H,5-8H2,(H,17,18,21);1-4,19H,5-8,17H2,(H2,16,20);1-4,17H,5-9,16H2. The number of rotatable bonds is 15. The molecule has 0 bridgehead atoms. The van der Waals surface area contributed by atoms with E-state index in [2.05, 4.69) is 10.1 Å². The van der Waals surface area contributed by atoms with E-state index >= 15 is 0 Å². The summed E-state index contributed by atoms with van der Waals surface area (Å²) in [7, 11) is 0. The van der Waals surface area contributed by atoms with Crippen LogP contribution in [0.5, 0.6) is 0 Å². The Kier molecular flexibility index (Phi) is 15.6. The highest BCUT2D eigenvalue weighted by molar-refractivity contribution is 7.80. The summed E-state index contributed by atoms with van der Waals surface area (Å²) in [6.45, 7) is 0.757. The second-order valence-corrected chi connectivity index (χ2v) is 19.7. The number of nitrogens with one attached hydrogen (secondary N) is 1. The number of hydrogen-bond acceptors (Lipinski definition) is 8. The molecule has 4 aromatic rings. The molecule has 3 fully saturated rings. The Hall–Kier alpha value is -1.75. The fourth-order valence-corrected chi connectivity index (χ4v) is 8.57. The summed E-state index contributed by atoms with van der Waals surface area (Å²) in [6, 6.07) is 22.4. The molecule has 58 heavy (non-hydrogen) atoms. The van der Waals surface area contributed by atoms with Gasteiger partial charge < -0.3 is 26.8 Å². The number of H-pyrrole nitrogens is 1. The van der Waals surface area contributed by atoms with Crippen molar-refractivity contribution in [3.63, 3.8) is 0 Å². The van der Waals surface area contributed by atoms with Gasteiger partial charge in [0.05, 0.1) is 33.3 Å². The quantitative estimate of drug-likeness (QED) is 0.0269. The number of hydrazine groups is 1. The molecule has 7 rings (SSSR count). The van der Waals surface area contributed by atoms with Crippen LogP contribution in [0.4, 0.5) is 0 Å². The SMILES string of the molecule is NC(=S)N(N)CC(O)(Cc1ccccc1Cl)C1(Cl)CC1.NCCC(O)(Cc1ccccc1Cl)C1(Cl)CC1.OC(Cc1ccccc1Cl)(Cn1[nH]cnc1=S)C1(Cl)CC1. The van der Waals surface area contributed by atoms with Crippen molar-refractivity contribution in [2.75, 3.05) is 13.1 Å². The fourth-order valence-electron chi connectivity index (χ4n) is 7.03. The number of aliphatic hydroxyl groups is 3. The van der Waals surface area contributed by atoms with E-state index in [-0.39, 0.29) is 18.2 Å². The number of benzene rings is 3. The molecule has 18 heteroatoms. The van der Waals surface area contributed by atoms with Gasteiger partial charge in [-0.3, -0.25) is 14.8 Å². The Morgan fingerprint density at radius 1 is 0.724 bits per heavy atom. The summed E-state index contributed by atoms with van der Waals surface area (Å²) in [5.74, 6) is 5.73. The minimum atomic E-state index is -1.24. The van der Waals surface area contributed by atoms with Crippen LogP contribution < -0.4 is 17.3 Å². The summed E-state index contributed by atoms with van der Waals surface area (Å²) in [4.78, 5) is 2.13. The first-order chi connectivity index (χ1) is 27.2. The van der Waals surface area contributed by atoms with Crippen LogP contribution in [0, 0.1) is 4.77 Å². The third-order valence-corrected chi connectivity index (χ3v) is 15.1. The molecule has 3 atom stereocenters. The minimum absolute atomic E-state index is 0.0171. The van der Waals surface area contributed by atoms with Gasteiger partial charge >= 0.3 is 0 Å². The summed E-state index contributed by atoms with van der Waals surface area (Å²) in [5.41, 5.74) is 10.4. The lowest BCUT2D eigenvalue weighted by Gasteiger charge is -2.36. The van der Waals surface area contributed by atoms with Crippen LogP contribution in [0.3, 0.4) is 0 Å². The van der Waals surface area contributed by atoms with E-state index in [1.165, 1.54) is 6.33 Å². The zero-order valence-corrected chi connectivity index (χ0v) is 37.9. The van der Waals surface area contributed by atoms with E-state index in [0.29, 0.717) is 52.1 Å². The van der Waals surface area contributed by atoms with Gasteiger partial charge in [0.25, 0.3) is 0 Å². The molecule has 3 aliphatic rings. The maximum Gasteiger partial charge on any atom is 0.215 e. The molecule has 3 saturated carbocycles. The summed E-state index contributed by atoms with van der Waals surface area (Å²) in [6.07, 6.45) is 7.82. The molecule has 1 heterocycles. The van der Waals surface area contributed by atoms with Gasteiger partial charge in [-0.05, 0) is 111 Å². The molecule has 10 nitrogen and oxygen atoms in total. The Morgan fingerprint density at radius 2 is 1.10 bits per heavy atom. The smallest absolute Gasteiger partial charge is 0.215 e. The molecule has 0 amide bonds. The third kappa shape index (κ3) is 11.4. The van der Waals surface area contributed by atoms with Crippen LogP contribution in [0.1, 0.15) is 61.6 Å². The Bertz CT molecular complexity index is 2100. The number of aromatic amines is 1. The molecule has 3 aromatic carbocycles. The van der Waals surface area contributed by atoms with Crippen LogP contribution in [-0.2, 0) is 25.8 Å². The van der Waals surface area contributed by atoms with Gasteiger partial charge in [0.15, 0.2) is 5.11 Å². The molecule has 0 aliphatic heterocycles. The van der Waals surface area contributed by atoms with Crippen molar-refractivity contribution in [3.05, 3.63) is 116 Å². The first kappa shape index (κ1) is 47.3. The molecule has 3 unspecified atom stereocenters. The molecule has 0 spiro atoms. The first-order valence-corrected chi connectivity index (χ1v) is 21.9. The van der Waals surface area contributed by atoms with Crippen molar-refractivity contribution < 1.29 is 15.3 Å². The highest BCUT2D eigenvalue weighted by atomic mass is 35.5. The summed E-state index contributed by atoms with van der Waals surface area (Å²) >= 11 is 47.8. The highest BCUT2D eigenvalue weighted by Gasteiger charge is 2.59. The molecular weight excluding hydrogens is 903 g/mol. The van der Waals surface area contributed by atoms with E-state index in [1.807, 2.05) is 66.7 Å². The number of thiocarbonyl (C=S) groups is 1. The van der Waals surface area contributed by atoms with E-state index < -0.39 is 31.4 Å². The van der Waals surface area contributed by atoms with Crippen molar-refractivity contribution in [2.45, 2.75) is 102 Å². The Balaban J connectivity index is 0.000000167. The monoisotopic (exact) mass is 949 g/mol. The normalized spacial score (nSPS) is 19.7. The molecular formula is C40H49Cl6N7O3S2. The van der Waals surface area contributed by atoms with Gasteiger partial charge in [-0.25, -0.2) is 10.8 Å². The number of nitrogens with zero attached hydrogens (tertiary/aromatic N) is 3. The second-order valence-electron chi connectivity index (χ2n) is 15.6. The van der Waals surface area contributed by atoms with Crippen molar-refractivity contribution in [1.82, 2.24) is 19.8 Å². The largest absolute Gasteiger partial charge is 0.388 e. The molecule has 3 aliphatic carbocycles. The Morgan fingerprint density at radius 3 is 1.47 bits per heavy atom. The number of halogens is 6. The highest BCUT2D eigenvalue weighted by Crippen LogP contribution is 2.55. The summed E-state index contributed by atoms with van der Waals surface area (Å²) in [5, 5.41) is 38.8. The zero-order chi connectivity index (χ0) is 42.6. The number of alkyl halides is 3. The second kappa shape index (κ2) is 19.1. The summed E-state index contributed by atoms with van der Waals surface area (Å²) < 4.78 is 2.03. The molecule has 1 aromatic heterocycles. The van der Waals surface area contributed by atoms with Crippen molar-refractivity contribution in [1.29, 1.82) is 0 Å². The van der Waals surface area contributed by atoms with E-state index in [9.17, 15) is 15.3 Å². The van der Waals surface area contributed by atoms with Gasteiger partial charge in [0.2, 0.25) is 4.77 Å². The third-order valence-electron chi connectivity index (χ3n) is 11.2. The Labute approximate surface area is 379 Å². The predicted molar refractivity (Wildman–Crippen MR) is 243 cm³/mol. The van der Waals surface area contributed by atoms with Crippen LogP contribution in [0.25, 0.3) is 0 Å². The lowest BCUT2D eigenvalue weighted by atomic mass is 9.86. The van der Waals surface area contributed by atoms with Gasteiger partial charge in [0.1, 0.15) is 17.5 Å². The van der Waals surface area contributed by atoms with Gasteiger partial charge in [-0.2, -0.15) is 0 Å². The lowest BCUT2D eigenvalue weighted by molar-refractivity contribution is 0.00720. The molecule has 316 valence electrons. The average molecular weight is 953 g/mol. The van der Waals surface area contributed by atoms with Crippen molar-refractivity contribution >= 4 is 99.2 Å². The van der Waals surface area contributed by atoms with Gasteiger partial charge in [-0.1, -0.05) is 89.4 Å². The van der Waals surface area contributed by atoms with E-state index in [0.717, 1.165) is 60.2 Å². The molecule has 0 saturated heterocycles. The van der Waals surface area contributed by atoms with Gasteiger partial charge in [-0.15, -0.1) is 34.8 Å². The van der Waals surface area contributed by atoms with Crippen LogP contribution in [0.15, 0.2) is 79.1 Å².